The second kappa shape index (κ2) is 10.9. The predicted octanol–water partition coefficient (Wildman–Crippen LogP) is 4.10. The van der Waals surface area contributed by atoms with Crippen molar-refractivity contribution >= 4 is 17.0 Å². The standard InChI is InChI=1S/C27H25F2N11O/c1-41-25-5-2-16(8-34-25)12-38-14-21(36-37-31)27-22(38)15-39(27)24-4-3-17(9-33-24)20-6-19(32-11-23(28)29)13-40-26(20)18(7-30)10-35-40/h2-6,8-10,13,21-23,27,32H,11-12,14-15H2,1H3/t21-,22-,27-/m0/s1. The summed E-state index contributed by atoms with van der Waals surface area (Å²) in [6, 6.07) is 11.4. The number of aromatic nitrogens is 4. The molecule has 2 fully saturated rings. The molecule has 12 nitrogen and oxygen atoms in total. The average Bonchev–Trinajstić information content (AvgIpc) is 3.50. The van der Waals surface area contributed by atoms with E-state index in [-0.39, 0.29) is 18.1 Å². The van der Waals surface area contributed by atoms with Crippen LogP contribution in [0.2, 0.25) is 0 Å². The fourth-order valence-corrected chi connectivity index (χ4v) is 5.67. The molecule has 0 aromatic carbocycles. The molecule has 41 heavy (non-hydrogen) atoms. The summed E-state index contributed by atoms with van der Waals surface area (Å²) < 4.78 is 32.3. The number of methoxy groups -OCH3 is 1. The van der Waals surface area contributed by atoms with Crippen LogP contribution < -0.4 is 15.0 Å². The van der Waals surface area contributed by atoms with Crippen LogP contribution in [0.15, 0.2) is 60.2 Å². The Labute approximate surface area is 233 Å². The lowest BCUT2D eigenvalue weighted by Gasteiger charge is -2.48. The Morgan fingerprint density at radius 3 is 2.78 bits per heavy atom. The number of likely N-dealkylation sites (tertiary alicyclic amines) is 1. The van der Waals surface area contributed by atoms with Gasteiger partial charge in [0.05, 0.1) is 54.9 Å². The molecule has 0 amide bonds. The Morgan fingerprint density at radius 1 is 1.22 bits per heavy atom. The molecule has 6 rings (SSSR count). The summed E-state index contributed by atoms with van der Waals surface area (Å²) in [6.07, 6.45) is 3.99. The quantitative estimate of drug-likeness (QED) is 0.184. The van der Waals surface area contributed by atoms with Gasteiger partial charge in [0.1, 0.15) is 11.9 Å². The van der Waals surface area contributed by atoms with Crippen LogP contribution in [0, 0.1) is 11.3 Å². The molecule has 2 saturated heterocycles. The first-order valence-electron chi connectivity index (χ1n) is 12.9. The number of anilines is 2. The lowest BCUT2D eigenvalue weighted by Crippen LogP contribution is -2.64. The van der Waals surface area contributed by atoms with Crippen LogP contribution >= 0.6 is 0 Å². The highest BCUT2D eigenvalue weighted by molar-refractivity contribution is 5.86. The Balaban J connectivity index is 1.24. The van der Waals surface area contributed by atoms with Gasteiger partial charge in [0.25, 0.3) is 6.43 Å². The van der Waals surface area contributed by atoms with Crippen molar-refractivity contribution in [3.05, 3.63) is 76.7 Å². The van der Waals surface area contributed by atoms with Gasteiger partial charge in [0, 0.05) is 60.2 Å². The van der Waals surface area contributed by atoms with Crippen molar-refractivity contribution in [3.63, 3.8) is 0 Å². The number of rotatable bonds is 9. The third-order valence-electron chi connectivity index (χ3n) is 7.56. The highest BCUT2D eigenvalue weighted by Gasteiger charge is 2.52. The van der Waals surface area contributed by atoms with Crippen molar-refractivity contribution in [2.75, 3.05) is 37.0 Å². The van der Waals surface area contributed by atoms with E-state index in [0.717, 1.165) is 17.9 Å². The average molecular weight is 558 g/mol. The summed E-state index contributed by atoms with van der Waals surface area (Å²) >= 11 is 0. The highest BCUT2D eigenvalue weighted by atomic mass is 19.3. The number of nitriles is 1. The second-order valence-corrected chi connectivity index (χ2v) is 9.90. The predicted molar refractivity (Wildman–Crippen MR) is 147 cm³/mol. The molecule has 14 heteroatoms. The van der Waals surface area contributed by atoms with Crippen LogP contribution in [-0.2, 0) is 6.54 Å². The highest BCUT2D eigenvalue weighted by Crippen LogP contribution is 2.39. The molecule has 0 unspecified atom stereocenters. The minimum Gasteiger partial charge on any atom is -0.481 e. The Bertz CT molecular complexity index is 1650. The van der Waals surface area contributed by atoms with Crippen LogP contribution in [0.4, 0.5) is 20.3 Å². The number of hydrogen-bond donors (Lipinski definition) is 1. The third kappa shape index (κ3) is 4.93. The Kier molecular flexibility index (Phi) is 6.96. The molecular weight excluding hydrogens is 532 g/mol. The molecule has 0 bridgehead atoms. The third-order valence-corrected chi connectivity index (χ3v) is 7.56. The van der Waals surface area contributed by atoms with E-state index in [1.165, 1.54) is 10.7 Å². The van der Waals surface area contributed by atoms with E-state index in [0.29, 0.717) is 46.9 Å². The molecule has 0 aliphatic carbocycles. The van der Waals surface area contributed by atoms with Gasteiger partial charge in [-0.25, -0.2) is 23.3 Å². The van der Waals surface area contributed by atoms with Gasteiger partial charge in [0.15, 0.2) is 0 Å². The van der Waals surface area contributed by atoms with Gasteiger partial charge in [-0.15, -0.1) is 0 Å². The number of hydrogen-bond acceptors (Lipinski definition) is 9. The molecule has 4 aromatic rings. The normalized spacial score (nSPS) is 19.9. The van der Waals surface area contributed by atoms with Gasteiger partial charge in [-0.2, -0.15) is 10.4 Å². The van der Waals surface area contributed by atoms with Crippen LogP contribution in [0.25, 0.3) is 27.1 Å². The number of alkyl halides is 2. The molecule has 2 aliphatic rings. The van der Waals surface area contributed by atoms with Crippen molar-refractivity contribution in [3.8, 4) is 23.1 Å². The number of halogens is 2. The van der Waals surface area contributed by atoms with E-state index in [1.54, 1.807) is 31.8 Å². The first kappa shape index (κ1) is 26.2. The Hall–Kier alpha value is -4.99. The van der Waals surface area contributed by atoms with Crippen LogP contribution in [-0.4, -0.2) is 75.8 Å². The summed E-state index contributed by atoms with van der Waals surface area (Å²) in [6.45, 7) is 1.50. The summed E-state index contributed by atoms with van der Waals surface area (Å²) in [7, 11) is 1.58. The summed E-state index contributed by atoms with van der Waals surface area (Å²) in [5.41, 5.74) is 13.0. The minimum atomic E-state index is -2.52. The zero-order valence-electron chi connectivity index (χ0n) is 22.0. The maximum Gasteiger partial charge on any atom is 0.255 e. The van der Waals surface area contributed by atoms with Gasteiger partial charge < -0.3 is 15.0 Å². The molecular formula is C27H25F2N11O. The molecule has 0 radical (unpaired) electrons. The van der Waals surface area contributed by atoms with E-state index in [4.69, 9.17) is 9.72 Å². The monoisotopic (exact) mass is 557 g/mol. The number of nitrogens with one attached hydrogen (secondary N) is 1. The van der Waals surface area contributed by atoms with Crippen LogP contribution in [0.3, 0.4) is 0 Å². The van der Waals surface area contributed by atoms with E-state index in [2.05, 4.69) is 41.3 Å². The maximum absolute atomic E-state index is 12.8. The zero-order valence-corrected chi connectivity index (χ0v) is 22.0. The molecule has 2 aliphatic heterocycles. The zero-order chi connectivity index (χ0) is 28.5. The number of ether oxygens (including phenoxy) is 1. The largest absolute Gasteiger partial charge is 0.481 e. The number of fused-ring (bicyclic) bond motifs is 2. The van der Waals surface area contributed by atoms with Gasteiger partial charge in [-0.05, 0) is 29.3 Å². The molecule has 6 heterocycles. The van der Waals surface area contributed by atoms with E-state index >= 15 is 0 Å². The van der Waals surface area contributed by atoms with Crippen molar-refractivity contribution in [2.24, 2.45) is 5.11 Å². The van der Waals surface area contributed by atoms with Gasteiger partial charge in [0.2, 0.25) is 5.88 Å². The van der Waals surface area contributed by atoms with Crippen molar-refractivity contribution < 1.29 is 13.5 Å². The Morgan fingerprint density at radius 2 is 2.10 bits per heavy atom. The number of pyridine rings is 3. The van der Waals surface area contributed by atoms with E-state index in [9.17, 15) is 19.6 Å². The molecule has 0 saturated carbocycles. The van der Waals surface area contributed by atoms with Gasteiger partial charge >= 0.3 is 0 Å². The number of azide groups is 1. The second-order valence-electron chi connectivity index (χ2n) is 9.90. The lowest BCUT2D eigenvalue weighted by molar-refractivity contribution is 0.163. The topological polar surface area (TPSA) is 143 Å². The minimum absolute atomic E-state index is 0.0240. The van der Waals surface area contributed by atoms with E-state index in [1.807, 2.05) is 24.3 Å². The van der Waals surface area contributed by atoms with Crippen molar-refractivity contribution in [1.29, 1.82) is 5.26 Å². The number of nitrogens with zero attached hydrogens (tertiary/aromatic N) is 10. The van der Waals surface area contributed by atoms with Crippen LogP contribution in [0.5, 0.6) is 5.88 Å². The fraction of sp³-hybridized carbons (Fsp3) is 0.333. The van der Waals surface area contributed by atoms with Crippen molar-refractivity contribution in [1.82, 2.24) is 24.5 Å². The van der Waals surface area contributed by atoms with Crippen LogP contribution in [0.1, 0.15) is 11.1 Å². The smallest absolute Gasteiger partial charge is 0.255 e. The maximum atomic E-state index is 12.8. The SMILES string of the molecule is COc1ccc(CN2C[C@H](N=[N+]=[N-])[C@H]3[C@@H]2CN3c2ccc(-c3cc(NCC(F)F)cn4ncc(C#N)c34)cn2)cn1. The summed E-state index contributed by atoms with van der Waals surface area (Å²) in [5.74, 6) is 1.29. The van der Waals surface area contributed by atoms with Crippen molar-refractivity contribution in [2.45, 2.75) is 31.1 Å². The van der Waals surface area contributed by atoms with Gasteiger partial charge in [-0.3, -0.25) is 4.90 Å². The first-order chi connectivity index (χ1) is 20.0. The molecule has 0 spiro atoms. The van der Waals surface area contributed by atoms with E-state index < -0.39 is 13.0 Å². The first-order valence-corrected chi connectivity index (χ1v) is 12.9. The lowest BCUT2D eigenvalue weighted by atomic mass is 9.94. The van der Waals surface area contributed by atoms with Gasteiger partial charge in [-0.1, -0.05) is 11.2 Å². The molecule has 208 valence electrons. The summed E-state index contributed by atoms with van der Waals surface area (Å²) in [5, 5.41) is 20.6. The molecule has 4 aromatic heterocycles. The molecule has 3 atom stereocenters. The summed E-state index contributed by atoms with van der Waals surface area (Å²) in [4.78, 5) is 16.5. The molecule has 1 N–H and O–H groups in total. The fourth-order valence-electron chi connectivity index (χ4n) is 5.67.